The number of aromatic nitrogens is 4. The van der Waals surface area contributed by atoms with E-state index in [1.54, 1.807) is 47.1 Å². The minimum absolute atomic E-state index is 0.250. The molecular formula is C26H17BrClN7OS. The fraction of sp³-hybridized carbons (Fsp3) is 0. The second-order valence-corrected chi connectivity index (χ2v) is 10.5. The molecular weight excluding hydrogens is 574 g/mol. The number of anilines is 4. The van der Waals surface area contributed by atoms with E-state index in [2.05, 4.69) is 36.6 Å². The van der Waals surface area contributed by atoms with Crippen LogP contribution in [-0.4, -0.2) is 25.5 Å². The van der Waals surface area contributed by atoms with Crippen LogP contribution in [0, 0.1) is 0 Å². The molecule has 6 aromatic rings. The van der Waals surface area contributed by atoms with E-state index >= 15 is 0 Å². The van der Waals surface area contributed by atoms with Crippen LogP contribution < -0.4 is 16.4 Å². The van der Waals surface area contributed by atoms with Crippen LogP contribution in [0.4, 0.5) is 23.0 Å². The Labute approximate surface area is 228 Å². The standard InChI is InChI=1S/C26H17BrClN7OS/c27-14-5-9-17(10-6-14)31-25(36)21-23(30-16-11-7-15(28)8-12-16)34-35-13-18(22(29)33-24(21)35)26-32-19-3-1-2-4-20(19)37-26/h1-13H,(H2,29,33)(H,30,34)(H,31,36). The van der Waals surface area contributed by atoms with E-state index < -0.39 is 0 Å². The fourth-order valence-electron chi connectivity index (χ4n) is 3.83. The molecule has 3 aromatic carbocycles. The third-order valence-corrected chi connectivity index (χ3v) is 7.45. The predicted octanol–water partition coefficient (Wildman–Crippen LogP) is 7.00. The zero-order valence-corrected chi connectivity index (χ0v) is 22.1. The fourth-order valence-corrected chi connectivity index (χ4v) is 5.21. The Morgan fingerprint density at radius 1 is 0.973 bits per heavy atom. The first kappa shape index (κ1) is 23.4. The van der Waals surface area contributed by atoms with Crippen LogP contribution in [0.15, 0.2) is 83.5 Å². The number of fused-ring (bicyclic) bond motifs is 2. The van der Waals surface area contributed by atoms with Crippen molar-refractivity contribution in [3.63, 3.8) is 0 Å². The predicted molar refractivity (Wildman–Crippen MR) is 153 cm³/mol. The molecule has 1 amide bonds. The normalized spacial score (nSPS) is 11.2. The van der Waals surface area contributed by atoms with Crippen molar-refractivity contribution in [2.75, 3.05) is 16.4 Å². The van der Waals surface area contributed by atoms with Crippen LogP contribution in [0.1, 0.15) is 10.4 Å². The van der Waals surface area contributed by atoms with E-state index in [9.17, 15) is 4.79 Å². The van der Waals surface area contributed by atoms with Crippen LogP contribution in [0.2, 0.25) is 5.02 Å². The highest BCUT2D eigenvalue weighted by molar-refractivity contribution is 9.10. The second-order valence-electron chi connectivity index (χ2n) is 8.11. The number of benzene rings is 3. The van der Waals surface area contributed by atoms with E-state index in [1.165, 1.54) is 11.3 Å². The number of nitrogens with zero attached hydrogens (tertiary/aromatic N) is 4. The molecule has 0 atom stereocenters. The van der Waals surface area contributed by atoms with Gasteiger partial charge in [0.2, 0.25) is 0 Å². The van der Waals surface area contributed by atoms with Crippen LogP contribution in [0.3, 0.4) is 0 Å². The largest absolute Gasteiger partial charge is 0.383 e. The Bertz CT molecular complexity index is 1750. The van der Waals surface area contributed by atoms with Crippen LogP contribution in [-0.2, 0) is 0 Å². The molecule has 37 heavy (non-hydrogen) atoms. The Morgan fingerprint density at radius 2 is 1.70 bits per heavy atom. The van der Waals surface area contributed by atoms with Gasteiger partial charge in [0.1, 0.15) is 16.4 Å². The zero-order chi connectivity index (χ0) is 25.5. The van der Waals surface area contributed by atoms with Crippen LogP contribution >= 0.6 is 38.9 Å². The lowest BCUT2D eigenvalue weighted by Crippen LogP contribution is -2.14. The summed E-state index contributed by atoms with van der Waals surface area (Å²) < 4.78 is 3.49. The van der Waals surface area contributed by atoms with Gasteiger partial charge in [0, 0.05) is 27.1 Å². The summed E-state index contributed by atoms with van der Waals surface area (Å²) >= 11 is 11.0. The van der Waals surface area contributed by atoms with E-state index in [4.69, 9.17) is 22.3 Å². The molecule has 0 aliphatic rings. The van der Waals surface area contributed by atoms with Crippen LogP contribution in [0.5, 0.6) is 0 Å². The molecule has 0 aliphatic carbocycles. The van der Waals surface area contributed by atoms with Gasteiger partial charge in [-0.3, -0.25) is 4.79 Å². The van der Waals surface area contributed by atoms with Gasteiger partial charge in [-0.1, -0.05) is 39.7 Å². The number of rotatable bonds is 5. The van der Waals surface area contributed by atoms with E-state index in [0.717, 1.165) is 19.7 Å². The van der Waals surface area contributed by atoms with Crippen molar-refractivity contribution >= 4 is 83.6 Å². The monoisotopic (exact) mass is 589 g/mol. The smallest absolute Gasteiger partial charge is 0.263 e. The Balaban J connectivity index is 1.46. The zero-order valence-electron chi connectivity index (χ0n) is 18.9. The van der Waals surface area contributed by atoms with Crippen molar-refractivity contribution in [2.24, 2.45) is 0 Å². The van der Waals surface area contributed by atoms with Gasteiger partial charge in [0.15, 0.2) is 11.5 Å². The first-order valence-electron chi connectivity index (χ1n) is 11.1. The van der Waals surface area contributed by atoms with Crippen molar-refractivity contribution in [3.8, 4) is 10.6 Å². The highest BCUT2D eigenvalue weighted by Crippen LogP contribution is 2.34. The molecule has 4 N–H and O–H groups in total. The molecule has 0 saturated heterocycles. The molecule has 0 radical (unpaired) electrons. The lowest BCUT2D eigenvalue weighted by atomic mass is 10.2. The number of para-hydroxylation sites is 1. The summed E-state index contributed by atoms with van der Waals surface area (Å²) in [6.07, 6.45) is 1.75. The lowest BCUT2D eigenvalue weighted by Gasteiger charge is -2.08. The quantitative estimate of drug-likeness (QED) is 0.199. The van der Waals surface area contributed by atoms with Crippen LogP contribution in [0.25, 0.3) is 26.4 Å². The maximum absolute atomic E-state index is 13.5. The molecule has 8 nitrogen and oxygen atoms in total. The van der Waals surface area contributed by atoms with Gasteiger partial charge < -0.3 is 16.4 Å². The number of hydrogen-bond acceptors (Lipinski definition) is 7. The number of nitrogens with two attached hydrogens (primary N) is 1. The van der Waals surface area contributed by atoms with E-state index in [1.807, 2.05) is 36.4 Å². The van der Waals surface area contributed by atoms with Gasteiger partial charge in [0.25, 0.3) is 5.91 Å². The van der Waals surface area contributed by atoms with Gasteiger partial charge in [-0.2, -0.15) is 0 Å². The number of carbonyl (C=O) groups excluding carboxylic acids is 1. The summed E-state index contributed by atoms with van der Waals surface area (Å²) in [6, 6.07) is 22.3. The van der Waals surface area contributed by atoms with Crippen molar-refractivity contribution in [3.05, 3.63) is 94.1 Å². The summed E-state index contributed by atoms with van der Waals surface area (Å²) in [5, 5.41) is 12.1. The molecule has 0 fully saturated rings. The number of halogens is 2. The molecule has 0 saturated carbocycles. The Hall–Kier alpha value is -3.99. The minimum Gasteiger partial charge on any atom is -0.383 e. The number of amides is 1. The SMILES string of the molecule is Nc1nc2c(C(=O)Nc3ccc(Br)cc3)c(Nc3ccc(Cl)cc3)nn2cc1-c1nc2ccccc2s1. The maximum Gasteiger partial charge on any atom is 0.263 e. The van der Waals surface area contributed by atoms with Crippen molar-refractivity contribution in [1.82, 2.24) is 19.6 Å². The van der Waals surface area contributed by atoms with Gasteiger partial charge in [-0.25, -0.2) is 14.5 Å². The van der Waals surface area contributed by atoms with Gasteiger partial charge in [0.05, 0.1) is 15.8 Å². The van der Waals surface area contributed by atoms with E-state index in [-0.39, 0.29) is 17.3 Å². The number of nitrogen functional groups attached to an aromatic ring is 1. The molecule has 182 valence electrons. The number of carbonyl (C=O) groups is 1. The molecule has 0 bridgehead atoms. The molecule has 0 aliphatic heterocycles. The highest BCUT2D eigenvalue weighted by atomic mass is 79.9. The summed E-state index contributed by atoms with van der Waals surface area (Å²) in [4.78, 5) is 22.8. The Morgan fingerprint density at radius 3 is 2.46 bits per heavy atom. The molecule has 0 spiro atoms. The molecule has 6 rings (SSSR count). The Kier molecular flexibility index (Phi) is 5.99. The number of hydrogen-bond donors (Lipinski definition) is 3. The third kappa shape index (κ3) is 4.62. The van der Waals surface area contributed by atoms with Crippen molar-refractivity contribution in [2.45, 2.75) is 0 Å². The average Bonchev–Trinajstić information content (AvgIpc) is 3.47. The minimum atomic E-state index is -0.381. The first-order chi connectivity index (χ1) is 17.9. The lowest BCUT2D eigenvalue weighted by molar-refractivity contribution is 0.102. The van der Waals surface area contributed by atoms with Crippen molar-refractivity contribution in [1.29, 1.82) is 0 Å². The topological polar surface area (TPSA) is 110 Å². The molecule has 11 heteroatoms. The van der Waals surface area contributed by atoms with Crippen molar-refractivity contribution < 1.29 is 4.79 Å². The van der Waals surface area contributed by atoms with E-state index in [0.29, 0.717) is 33.4 Å². The molecule has 0 unspecified atom stereocenters. The first-order valence-corrected chi connectivity index (χ1v) is 13.1. The molecule has 3 aromatic heterocycles. The third-order valence-electron chi connectivity index (χ3n) is 5.60. The van der Waals surface area contributed by atoms with Gasteiger partial charge >= 0.3 is 0 Å². The summed E-state index contributed by atoms with van der Waals surface area (Å²) in [7, 11) is 0. The maximum atomic E-state index is 13.5. The van der Waals surface area contributed by atoms with Gasteiger partial charge in [-0.05, 0) is 60.7 Å². The average molecular weight is 591 g/mol. The number of thiazole rings is 1. The summed E-state index contributed by atoms with van der Waals surface area (Å²) in [6.45, 7) is 0. The highest BCUT2D eigenvalue weighted by Gasteiger charge is 2.24. The van der Waals surface area contributed by atoms with Gasteiger partial charge in [-0.15, -0.1) is 16.4 Å². The summed E-state index contributed by atoms with van der Waals surface area (Å²) in [5.74, 6) is 0.195. The summed E-state index contributed by atoms with van der Waals surface area (Å²) in [5.41, 5.74) is 9.82. The number of nitrogens with one attached hydrogen (secondary N) is 2. The second kappa shape index (κ2) is 9.47. The molecule has 3 heterocycles.